The molecule has 5 aromatic rings. The number of benzene rings is 3. The van der Waals surface area contributed by atoms with Gasteiger partial charge in [0.25, 0.3) is 5.56 Å². The molecule has 1 N–H and O–H groups in total. The summed E-state index contributed by atoms with van der Waals surface area (Å²) >= 11 is 12.9. The maximum atomic E-state index is 13.7. The Morgan fingerprint density at radius 3 is 2.31 bits per heavy atom. The number of nitrogens with zero attached hydrogens (tertiary/aromatic N) is 6. The second-order valence-corrected chi connectivity index (χ2v) is 11.0. The molecule has 1 saturated heterocycles. The predicted octanol–water partition coefficient (Wildman–Crippen LogP) is 5.85. The van der Waals surface area contributed by atoms with Gasteiger partial charge in [-0.05, 0) is 56.4 Å². The minimum atomic E-state index is -0.477. The van der Waals surface area contributed by atoms with Crippen molar-refractivity contribution in [2.75, 3.05) is 43.4 Å². The maximum absolute atomic E-state index is 13.7. The van der Waals surface area contributed by atoms with Crippen molar-refractivity contribution in [1.82, 2.24) is 24.6 Å². The topological polar surface area (TPSA) is 96.2 Å². The number of hydrogen-bond acceptors (Lipinski definition) is 8. The van der Waals surface area contributed by atoms with Crippen molar-refractivity contribution in [3.63, 3.8) is 0 Å². The van der Waals surface area contributed by atoms with Gasteiger partial charge in [-0.3, -0.25) is 9.59 Å². The zero-order valence-electron chi connectivity index (χ0n) is 23.0. The number of Topliss-reactive ketones (excluding diaryl/α,β-unsaturated/α-hetero) is 1. The summed E-state index contributed by atoms with van der Waals surface area (Å²) in [5, 5.41) is 8.67. The van der Waals surface area contributed by atoms with E-state index >= 15 is 0 Å². The van der Waals surface area contributed by atoms with Gasteiger partial charge in [0.15, 0.2) is 5.78 Å². The fourth-order valence-corrected chi connectivity index (χ4v) is 5.52. The maximum Gasteiger partial charge on any atom is 0.282 e. The number of nitrogens with one attached hydrogen (secondary N) is 1. The van der Waals surface area contributed by atoms with Gasteiger partial charge in [0.2, 0.25) is 5.95 Å². The summed E-state index contributed by atoms with van der Waals surface area (Å²) in [6.45, 7) is 5.51. The fraction of sp³-hybridized carbons (Fsp3) is 0.194. The van der Waals surface area contributed by atoms with Gasteiger partial charge in [0, 0.05) is 54.9 Å². The number of piperazine rings is 1. The Balaban J connectivity index is 1.44. The Hall–Kier alpha value is -4.31. The number of carbonyl (C=O) groups excluding carboxylic acids is 1. The number of anilines is 3. The van der Waals surface area contributed by atoms with Crippen LogP contribution in [0.1, 0.15) is 17.3 Å². The van der Waals surface area contributed by atoms with Crippen LogP contribution in [-0.4, -0.2) is 63.7 Å². The molecule has 0 aliphatic carbocycles. The third kappa shape index (κ3) is 5.46. The van der Waals surface area contributed by atoms with Gasteiger partial charge >= 0.3 is 0 Å². The molecule has 1 aliphatic rings. The van der Waals surface area contributed by atoms with Crippen LogP contribution in [0.4, 0.5) is 17.3 Å². The average Bonchev–Trinajstić information content (AvgIpc) is 2.99. The molecule has 1 aliphatic heterocycles. The van der Waals surface area contributed by atoms with Crippen LogP contribution >= 0.6 is 23.2 Å². The van der Waals surface area contributed by atoms with E-state index in [9.17, 15) is 9.59 Å². The number of rotatable bonds is 6. The van der Waals surface area contributed by atoms with Gasteiger partial charge in [-0.25, -0.2) is 9.97 Å². The largest absolute Gasteiger partial charge is 0.369 e. The molecule has 0 unspecified atom stereocenters. The minimum absolute atomic E-state index is 0.0966. The van der Waals surface area contributed by atoms with Crippen molar-refractivity contribution in [1.29, 1.82) is 0 Å². The number of ketones is 1. The summed E-state index contributed by atoms with van der Waals surface area (Å²) in [5.41, 5.74) is 3.54. The number of halogens is 2. The van der Waals surface area contributed by atoms with Crippen LogP contribution in [0.3, 0.4) is 0 Å². The van der Waals surface area contributed by atoms with Crippen molar-refractivity contribution in [3.8, 4) is 16.9 Å². The van der Waals surface area contributed by atoms with Gasteiger partial charge in [0.05, 0.1) is 15.4 Å². The third-order valence-corrected chi connectivity index (χ3v) is 7.93. The monoisotopic (exact) mass is 599 g/mol. The molecule has 0 bridgehead atoms. The van der Waals surface area contributed by atoms with E-state index in [2.05, 4.69) is 44.4 Å². The number of para-hydroxylation sites is 1. The number of hydrogen-bond donors (Lipinski definition) is 1. The lowest BCUT2D eigenvalue weighted by Gasteiger charge is -2.34. The predicted molar refractivity (Wildman–Crippen MR) is 168 cm³/mol. The van der Waals surface area contributed by atoms with E-state index in [1.165, 1.54) is 13.1 Å². The molecule has 3 aromatic carbocycles. The van der Waals surface area contributed by atoms with E-state index < -0.39 is 5.56 Å². The Labute approximate surface area is 252 Å². The number of likely N-dealkylation sites (N-methyl/N-ethyl adjacent to an activating group) is 1. The summed E-state index contributed by atoms with van der Waals surface area (Å²) in [6.07, 6.45) is 1.47. The lowest BCUT2D eigenvalue weighted by atomic mass is 10.0. The van der Waals surface area contributed by atoms with Gasteiger partial charge in [0.1, 0.15) is 16.9 Å². The summed E-state index contributed by atoms with van der Waals surface area (Å²) < 4.78 is 1.16. The highest BCUT2D eigenvalue weighted by Gasteiger charge is 2.20. The Bertz CT molecular complexity index is 1850. The van der Waals surface area contributed by atoms with Crippen molar-refractivity contribution in [2.45, 2.75) is 6.92 Å². The summed E-state index contributed by atoms with van der Waals surface area (Å²) in [5.74, 6) is 0.203. The molecule has 0 saturated carbocycles. The summed E-state index contributed by atoms with van der Waals surface area (Å²) in [4.78, 5) is 39.7. The van der Waals surface area contributed by atoms with E-state index in [4.69, 9.17) is 28.2 Å². The van der Waals surface area contributed by atoms with E-state index in [1.807, 2.05) is 18.2 Å². The SMILES string of the molecule is CC(=O)c1cccc(-c2nn(-c3c(Cl)cccc3Cl)c(=O)c3cnc(Nc4ccc(N5CCN(C)CC5)cc4)nc23)c1. The van der Waals surface area contributed by atoms with E-state index in [0.29, 0.717) is 28.3 Å². The van der Waals surface area contributed by atoms with Crippen LogP contribution in [0.25, 0.3) is 27.8 Å². The second kappa shape index (κ2) is 11.5. The van der Waals surface area contributed by atoms with Crippen LogP contribution in [-0.2, 0) is 0 Å². The first-order valence-corrected chi connectivity index (χ1v) is 14.2. The van der Waals surface area contributed by atoms with Crippen LogP contribution in [0.2, 0.25) is 10.0 Å². The summed E-state index contributed by atoms with van der Waals surface area (Å²) in [6, 6.07) is 20.1. The Morgan fingerprint density at radius 1 is 0.929 bits per heavy atom. The zero-order chi connectivity index (χ0) is 29.4. The molecular formula is C31H27Cl2N7O2. The van der Waals surface area contributed by atoms with Crippen molar-refractivity contribution < 1.29 is 4.79 Å². The van der Waals surface area contributed by atoms with E-state index in [-0.39, 0.29) is 26.9 Å². The molecular weight excluding hydrogens is 573 g/mol. The van der Waals surface area contributed by atoms with Crippen molar-refractivity contribution in [2.24, 2.45) is 0 Å². The number of aromatic nitrogens is 4. The molecule has 0 radical (unpaired) electrons. The Kier molecular flexibility index (Phi) is 7.64. The molecule has 212 valence electrons. The first-order chi connectivity index (χ1) is 20.3. The quantitative estimate of drug-likeness (QED) is 0.243. The smallest absolute Gasteiger partial charge is 0.282 e. The molecule has 1 fully saturated rings. The molecule has 0 atom stereocenters. The lowest BCUT2D eigenvalue weighted by Crippen LogP contribution is -2.44. The highest BCUT2D eigenvalue weighted by atomic mass is 35.5. The van der Waals surface area contributed by atoms with Crippen LogP contribution in [0.5, 0.6) is 0 Å². The van der Waals surface area contributed by atoms with Gasteiger partial charge < -0.3 is 15.1 Å². The van der Waals surface area contributed by atoms with Crippen LogP contribution < -0.4 is 15.8 Å². The van der Waals surface area contributed by atoms with Gasteiger partial charge in [-0.1, -0.05) is 47.5 Å². The number of fused-ring (bicyclic) bond motifs is 1. The third-order valence-electron chi connectivity index (χ3n) is 7.32. The molecule has 42 heavy (non-hydrogen) atoms. The second-order valence-electron chi connectivity index (χ2n) is 10.2. The highest BCUT2D eigenvalue weighted by molar-refractivity contribution is 6.37. The van der Waals surface area contributed by atoms with Crippen molar-refractivity contribution in [3.05, 3.63) is 98.9 Å². The molecule has 6 rings (SSSR count). The van der Waals surface area contributed by atoms with E-state index in [1.54, 1.807) is 36.4 Å². The standard InChI is InChI=1S/C31H27Cl2N7O2/c1-19(41)20-5-3-6-21(17-20)27-28-24(30(42)40(37-27)29-25(32)7-4-8-26(29)33)18-34-31(36-28)35-22-9-11-23(12-10-22)39-15-13-38(2)14-16-39/h3-12,17-18H,13-16H2,1-2H3,(H,34,35,36). The normalized spacial score (nSPS) is 13.9. The highest BCUT2D eigenvalue weighted by Crippen LogP contribution is 2.31. The molecule has 2 aromatic heterocycles. The Morgan fingerprint density at radius 2 is 1.62 bits per heavy atom. The molecule has 11 heteroatoms. The molecule has 9 nitrogen and oxygen atoms in total. The van der Waals surface area contributed by atoms with Crippen LogP contribution in [0, 0.1) is 0 Å². The first kappa shape index (κ1) is 27.8. The zero-order valence-corrected chi connectivity index (χ0v) is 24.5. The average molecular weight is 601 g/mol. The lowest BCUT2D eigenvalue weighted by molar-refractivity contribution is 0.101. The minimum Gasteiger partial charge on any atom is -0.369 e. The van der Waals surface area contributed by atoms with Gasteiger partial charge in [-0.2, -0.15) is 9.78 Å². The van der Waals surface area contributed by atoms with Gasteiger partial charge in [-0.15, -0.1) is 0 Å². The molecule has 0 spiro atoms. The molecule has 3 heterocycles. The fourth-order valence-electron chi connectivity index (χ4n) is 4.96. The molecule has 0 amide bonds. The summed E-state index contributed by atoms with van der Waals surface area (Å²) in [7, 11) is 2.14. The van der Waals surface area contributed by atoms with Crippen molar-refractivity contribution >= 4 is 57.2 Å². The van der Waals surface area contributed by atoms with E-state index in [0.717, 1.165) is 42.2 Å². The van der Waals surface area contributed by atoms with Crippen LogP contribution in [0.15, 0.2) is 77.7 Å². The number of carbonyl (C=O) groups is 1. The first-order valence-electron chi connectivity index (χ1n) is 13.4.